The highest BCUT2D eigenvalue weighted by molar-refractivity contribution is 6.31. The molecule has 3 rings (SSSR count). The van der Waals surface area contributed by atoms with Crippen molar-refractivity contribution in [1.29, 1.82) is 0 Å². The Morgan fingerprint density at radius 3 is 2.70 bits per heavy atom. The molecule has 2 aromatic rings. The van der Waals surface area contributed by atoms with Crippen molar-refractivity contribution in [3.8, 4) is 0 Å². The Bertz CT molecular complexity index is 867. The second-order valence-corrected chi connectivity index (χ2v) is 6.99. The lowest BCUT2D eigenvalue weighted by atomic mass is 10.1. The summed E-state index contributed by atoms with van der Waals surface area (Å²) in [6.07, 6.45) is 1.38. The Hall–Kier alpha value is -2.60. The van der Waals surface area contributed by atoms with E-state index in [2.05, 4.69) is 5.32 Å². The number of benzene rings is 2. The van der Waals surface area contributed by atoms with Crippen molar-refractivity contribution in [2.24, 2.45) is 0 Å². The van der Waals surface area contributed by atoms with Gasteiger partial charge in [0.25, 0.3) is 0 Å². The third-order valence-corrected chi connectivity index (χ3v) is 5.07. The largest absolute Gasteiger partial charge is 0.323 e. The Kier molecular flexibility index (Phi) is 5.65. The molecule has 5 nitrogen and oxygen atoms in total. The maximum atomic E-state index is 13.9. The number of rotatable bonds is 4. The summed E-state index contributed by atoms with van der Waals surface area (Å²) < 4.78 is 13.9. The molecule has 7 heteroatoms. The molecule has 142 valence electrons. The third kappa shape index (κ3) is 4.06. The van der Waals surface area contributed by atoms with Crippen LogP contribution in [0.4, 0.5) is 20.6 Å². The molecule has 0 radical (unpaired) electrons. The molecule has 1 saturated heterocycles. The minimum absolute atomic E-state index is 0.0424. The highest BCUT2D eigenvalue weighted by atomic mass is 35.5. The van der Waals surface area contributed by atoms with Crippen LogP contribution in [0.1, 0.15) is 24.0 Å². The standard InChI is InChI=1S/C20H21ClFN3O2/c1-13-17(8-4-9-18(13)25-11-5-10-19(25)26)23-20(27)24(2)12-14-15(21)6-3-7-16(14)22/h3-4,6-9H,5,10-12H2,1-2H3,(H,23,27). The van der Waals surface area contributed by atoms with Crippen LogP contribution < -0.4 is 10.2 Å². The first kappa shape index (κ1) is 19.2. The van der Waals surface area contributed by atoms with Crippen molar-refractivity contribution in [2.45, 2.75) is 26.3 Å². The van der Waals surface area contributed by atoms with E-state index < -0.39 is 5.82 Å². The number of carbonyl (C=O) groups excluding carboxylic acids is 2. The molecule has 3 amide bonds. The fraction of sp³-hybridized carbons (Fsp3) is 0.300. The maximum absolute atomic E-state index is 13.9. The lowest BCUT2D eigenvalue weighted by Crippen LogP contribution is -2.32. The van der Waals surface area contributed by atoms with Crippen LogP contribution in [-0.4, -0.2) is 30.4 Å². The van der Waals surface area contributed by atoms with Gasteiger partial charge in [0.05, 0.1) is 6.54 Å². The van der Waals surface area contributed by atoms with Crippen LogP contribution in [0.15, 0.2) is 36.4 Å². The van der Waals surface area contributed by atoms with E-state index in [1.165, 1.54) is 17.0 Å². The summed E-state index contributed by atoms with van der Waals surface area (Å²) in [5.74, 6) is -0.360. The average molecular weight is 390 g/mol. The van der Waals surface area contributed by atoms with Crippen LogP contribution in [0.5, 0.6) is 0 Å². The Morgan fingerprint density at radius 1 is 1.30 bits per heavy atom. The van der Waals surface area contributed by atoms with Crippen molar-refractivity contribution >= 4 is 34.9 Å². The van der Waals surface area contributed by atoms with E-state index in [1.54, 1.807) is 30.1 Å². The van der Waals surface area contributed by atoms with E-state index in [0.29, 0.717) is 18.7 Å². The molecule has 1 N–H and O–H groups in total. The van der Waals surface area contributed by atoms with E-state index in [9.17, 15) is 14.0 Å². The first-order valence-corrected chi connectivity index (χ1v) is 9.11. The Balaban J connectivity index is 1.75. The molecule has 0 aromatic heterocycles. The van der Waals surface area contributed by atoms with Crippen LogP contribution in [0.25, 0.3) is 0 Å². The molecule has 1 heterocycles. The van der Waals surface area contributed by atoms with Crippen LogP contribution in [0, 0.1) is 12.7 Å². The number of carbonyl (C=O) groups is 2. The molecule has 0 bridgehead atoms. The Labute approximate surface area is 162 Å². The molecule has 0 atom stereocenters. The summed E-state index contributed by atoms with van der Waals surface area (Å²) in [5, 5.41) is 3.11. The van der Waals surface area contributed by atoms with Gasteiger partial charge >= 0.3 is 6.03 Å². The van der Waals surface area contributed by atoms with Crippen LogP contribution in [0.3, 0.4) is 0 Å². The first-order chi connectivity index (χ1) is 12.9. The van der Waals surface area contributed by atoms with Crippen LogP contribution >= 0.6 is 11.6 Å². The third-order valence-electron chi connectivity index (χ3n) is 4.71. The maximum Gasteiger partial charge on any atom is 0.321 e. The highest BCUT2D eigenvalue weighted by Gasteiger charge is 2.24. The van der Waals surface area contributed by atoms with E-state index >= 15 is 0 Å². The zero-order valence-corrected chi connectivity index (χ0v) is 16.0. The highest BCUT2D eigenvalue weighted by Crippen LogP contribution is 2.30. The monoisotopic (exact) mass is 389 g/mol. The number of nitrogens with one attached hydrogen (secondary N) is 1. The van der Waals surface area contributed by atoms with E-state index in [-0.39, 0.29) is 29.1 Å². The lowest BCUT2D eigenvalue weighted by Gasteiger charge is -2.23. The molecule has 1 aliphatic rings. The minimum atomic E-state index is -0.451. The van der Waals surface area contributed by atoms with Gasteiger partial charge in [0.15, 0.2) is 0 Å². The number of nitrogens with zero attached hydrogens (tertiary/aromatic N) is 2. The van der Waals surface area contributed by atoms with E-state index in [1.807, 2.05) is 13.0 Å². The van der Waals surface area contributed by atoms with Gasteiger partial charge in [-0.25, -0.2) is 9.18 Å². The molecule has 1 fully saturated rings. The molecular formula is C20H21ClFN3O2. The van der Waals surface area contributed by atoms with Gasteiger partial charge in [0, 0.05) is 42.0 Å². The van der Waals surface area contributed by atoms with Gasteiger partial charge in [-0.3, -0.25) is 4.79 Å². The molecule has 2 aromatic carbocycles. The summed E-state index contributed by atoms with van der Waals surface area (Å²) in [4.78, 5) is 27.7. The van der Waals surface area contributed by atoms with Gasteiger partial charge < -0.3 is 15.1 Å². The van der Waals surface area contributed by atoms with Crippen molar-refractivity contribution in [3.05, 3.63) is 58.4 Å². The van der Waals surface area contributed by atoms with Crippen molar-refractivity contribution in [3.63, 3.8) is 0 Å². The van der Waals surface area contributed by atoms with Gasteiger partial charge in [0.2, 0.25) is 5.91 Å². The van der Waals surface area contributed by atoms with Gasteiger partial charge in [-0.05, 0) is 43.2 Å². The normalized spacial score (nSPS) is 13.8. The zero-order valence-electron chi connectivity index (χ0n) is 15.3. The van der Waals surface area contributed by atoms with Crippen LogP contribution in [0.2, 0.25) is 5.02 Å². The quantitative estimate of drug-likeness (QED) is 0.832. The molecule has 0 unspecified atom stereocenters. The smallest absolute Gasteiger partial charge is 0.321 e. The van der Waals surface area contributed by atoms with Gasteiger partial charge in [0.1, 0.15) is 5.82 Å². The zero-order chi connectivity index (χ0) is 19.6. The predicted octanol–water partition coefficient (Wildman–Crippen LogP) is 4.58. The molecule has 0 spiro atoms. The first-order valence-electron chi connectivity index (χ1n) is 8.73. The summed E-state index contributed by atoms with van der Waals surface area (Å²) >= 11 is 6.04. The summed E-state index contributed by atoms with van der Waals surface area (Å²) in [5.41, 5.74) is 2.50. The fourth-order valence-electron chi connectivity index (χ4n) is 3.16. The van der Waals surface area contributed by atoms with Gasteiger partial charge in [-0.2, -0.15) is 0 Å². The lowest BCUT2D eigenvalue weighted by molar-refractivity contribution is -0.117. The number of amides is 3. The molecule has 0 saturated carbocycles. The molecule has 0 aliphatic carbocycles. The molecule has 27 heavy (non-hydrogen) atoms. The van der Waals surface area contributed by atoms with E-state index in [0.717, 1.165) is 17.7 Å². The van der Waals surface area contributed by atoms with Crippen LogP contribution in [-0.2, 0) is 11.3 Å². The predicted molar refractivity (Wildman–Crippen MR) is 105 cm³/mol. The fourth-order valence-corrected chi connectivity index (χ4v) is 3.38. The van der Waals surface area contributed by atoms with Gasteiger partial charge in [-0.15, -0.1) is 0 Å². The topological polar surface area (TPSA) is 52.7 Å². The van der Waals surface area contributed by atoms with Gasteiger partial charge in [-0.1, -0.05) is 23.7 Å². The summed E-state index contributed by atoms with van der Waals surface area (Å²) in [6.45, 7) is 2.59. The number of urea groups is 1. The Morgan fingerprint density at radius 2 is 2.04 bits per heavy atom. The number of hydrogen-bond donors (Lipinski definition) is 1. The number of hydrogen-bond acceptors (Lipinski definition) is 2. The molecule has 1 aliphatic heterocycles. The number of halogens is 2. The average Bonchev–Trinajstić information content (AvgIpc) is 3.05. The number of anilines is 2. The van der Waals surface area contributed by atoms with Crippen molar-refractivity contribution in [1.82, 2.24) is 4.90 Å². The molecular weight excluding hydrogens is 369 g/mol. The SMILES string of the molecule is Cc1c(NC(=O)N(C)Cc2c(F)cccc2Cl)cccc1N1CCCC1=O. The summed E-state index contributed by atoms with van der Waals surface area (Å²) in [7, 11) is 1.57. The van der Waals surface area contributed by atoms with Crippen molar-refractivity contribution < 1.29 is 14.0 Å². The second kappa shape index (κ2) is 7.96. The van der Waals surface area contributed by atoms with Crippen molar-refractivity contribution in [2.75, 3.05) is 23.8 Å². The second-order valence-electron chi connectivity index (χ2n) is 6.59. The van der Waals surface area contributed by atoms with E-state index in [4.69, 9.17) is 11.6 Å². The minimum Gasteiger partial charge on any atom is -0.323 e. The summed E-state index contributed by atoms with van der Waals surface area (Å²) in [6, 6.07) is 9.49.